The van der Waals surface area contributed by atoms with E-state index in [2.05, 4.69) is 15.4 Å². The fourth-order valence-electron chi connectivity index (χ4n) is 2.93. The zero-order chi connectivity index (χ0) is 23.5. The Morgan fingerprint density at radius 3 is 2.34 bits per heavy atom. The first-order chi connectivity index (χ1) is 15.3. The van der Waals surface area contributed by atoms with Crippen molar-refractivity contribution in [3.05, 3.63) is 59.7 Å². The first-order valence-electron chi connectivity index (χ1n) is 10.2. The fraction of sp³-hybridized carbons (Fsp3) is 0.391. The Morgan fingerprint density at radius 2 is 1.72 bits per heavy atom. The number of halogens is 2. The van der Waals surface area contributed by atoms with E-state index in [9.17, 15) is 18.4 Å². The summed E-state index contributed by atoms with van der Waals surface area (Å²) in [7, 11) is 1.36. The van der Waals surface area contributed by atoms with Gasteiger partial charge in [0.2, 0.25) is 5.91 Å². The third kappa shape index (κ3) is 8.05. The molecule has 0 saturated heterocycles. The molecule has 0 unspecified atom stereocenters. The molecule has 174 valence electrons. The first-order valence-corrected chi connectivity index (χ1v) is 10.2. The zero-order valence-corrected chi connectivity index (χ0v) is 18.3. The van der Waals surface area contributed by atoms with E-state index in [1.54, 1.807) is 19.9 Å². The van der Waals surface area contributed by atoms with Crippen LogP contribution in [0.25, 0.3) is 0 Å². The molecule has 2 N–H and O–H groups in total. The predicted molar refractivity (Wildman–Crippen MR) is 115 cm³/mol. The quantitative estimate of drug-likeness (QED) is 0.542. The van der Waals surface area contributed by atoms with Crippen LogP contribution in [0.2, 0.25) is 0 Å². The van der Waals surface area contributed by atoms with E-state index in [1.807, 2.05) is 30.3 Å². The minimum atomic E-state index is -2.97. The van der Waals surface area contributed by atoms with Crippen LogP contribution >= 0.6 is 0 Å². The number of hydrogen-bond acceptors (Lipinski definition) is 5. The summed E-state index contributed by atoms with van der Waals surface area (Å²) in [6, 6.07) is 13.1. The van der Waals surface area contributed by atoms with E-state index < -0.39 is 18.7 Å². The van der Waals surface area contributed by atoms with Crippen LogP contribution < -0.4 is 20.1 Å². The monoisotopic (exact) mass is 450 g/mol. The molecule has 0 fully saturated rings. The third-order valence-corrected chi connectivity index (χ3v) is 4.59. The second kappa shape index (κ2) is 12.5. The van der Waals surface area contributed by atoms with E-state index in [0.29, 0.717) is 12.0 Å². The van der Waals surface area contributed by atoms with E-state index >= 15 is 0 Å². The maximum absolute atomic E-state index is 12.6. The third-order valence-electron chi connectivity index (χ3n) is 4.59. The van der Waals surface area contributed by atoms with Crippen LogP contribution in [0.15, 0.2) is 48.5 Å². The van der Waals surface area contributed by atoms with Crippen molar-refractivity contribution in [3.63, 3.8) is 0 Å². The van der Waals surface area contributed by atoms with Gasteiger partial charge in [0.05, 0.1) is 7.11 Å². The lowest BCUT2D eigenvalue weighted by atomic mass is 10.0. The number of hydrogen-bond donors (Lipinski definition) is 2. The van der Waals surface area contributed by atoms with Gasteiger partial charge in [0.25, 0.3) is 0 Å². The van der Waals surface area contributed by atoms with Crippen molar-refractivity contribution in [2.24, 2.45) is 5.92 Å². The number of amides is 2. The van der Waals surface area contributed by atoms with Gasteiger partial charge in [-0.15, -0.1) is 0 Å². The summed E-state index contributed by atoms with van der Waals surface area (Å²) in [6.07, 6.45) is -0.315. The Bertz CT molecular complexity index is 878. The molecule has 32 heavy (non-hydrogen) atoms. The average molecular weight is 450 g/mol. The Hall–Kier alpha value is -3.36. The summed E-state index contributed by atoms with van der Waals surface area (Å²) in [6.45, 7) is 0.972. The lowest BCUT2D eigenvalue weighted by molar-refractivity contribution is -0.124. The number of carbonyl (C=O) groups excluding carboxylic acids is 2. The summed E-state index contributed by atoms with van der Waals surface area (Å²) in [4.78, 5) is 24.7. The summed E-state index contributed by atoms with van der Waals surface area (Å²) in [5.41, 5.74) is 1.51. The fourth-order valence-corrected chi connectivity index (χ4v) is 2.93. The molecule has 0 saturated carbocycles. The Labute approximate surface area is 186 Å². The van der Waals surface area contributed by atoms with Gasteiger partial charge in [-0.25, -0.2) is 4.79 Å². The highest BCUT2D eigenvalue weighted by atomic mass is 19.3. The molecule has 0 heterocycles. The van der Waals surface area contributed by atoms with Crippen molar-refractivity contribution in [2.45, 2.75) is 39.5 Å². The summed E-state index contributed by atoms with van der Waals surface area (Å²) >= 11 is 0. The molecule has 0 aliphatic heterocycles. The topological polar surface area (TPSA) is 85.9 Å². The van der Waals surface area contributed by atoms with Crippen LogP contribution in [0.5, 0.6) is 11.5 Å². The second-order valence-electron chi connectivity index (χ2n) is 7.33. The van der Waals surface area contributed by atoms with Crippen LogP contribution in [0.3, 0.4) is 0 Å². The Morgan fingerprint density at radius 1 is 1.00 bits per heavy atom. The van der Waals surface area contributed by atoms with Gasteiger partial charge in [0.1, 0.15) is 12.6 Å². The summed E-state index contributed by atoms with van der Waals surface area (Å²) < 4.78 is 39.8. The molecule has 2 amide bonds. The smallest absolute Gasteiger partial charge is 0.408 e. The van der Waals surface area contributed by atoms with Crippen molar-refractivity contribution in [1.82, 2.24) is 10.6 Å². The number of methoxy groups -OCH3 is 1. The van der Waals surface area contributed by atoms with Crippen LogP contribution in [0.1, 0.15) is 25.0 Å². The Balaban J connectivity index is 1.86. The average Bonchev–Trinajstić information content (AvgIpc) is 2.76. The zero-order valence-electron chi connectivity index (χ0n) is 18.3. The number of alkyl halides is 2. The van der Waals surface area contributed by atoms with E-state index in [1.165, 1.54) is 19.2 Å². The number of benzene rings is 2. The molecule has 7 nitrogen and oxygen atoms in total. The van der Waals surface area contributed by atoms with Crippen molar-refractivity contribution < 1.29 is 32.6 Å². The molecule has 2 rings (SSSR count). The first kappa shape index (κ1) is 24.9. The lowest BCUT2D eigenvalue weighted by Crippen LogP contribution is -2.50. The highest BCUT2D eigenvalue weighted by Crippen LogP contribution is 2.29. The van der Waals surface area contributed by atoms with Gasteiger partial charge in [0, 0.05) is 6.54 Å². The standard InChI is InChI=1S/C23H28F2N2O5/c1-15(2)20(27-23(29)31-14-17-7-5-4-6-8-17)21(28)26-12-11-16-9-10-18(30-3)19(13-16)32-22(24)25/h4-10,13,15,20,22H,11-12,14H2,1-3H3,(H,26,28)(H,27,29)/t20-/m0/s1. The number of nitrogens with one attached hydrogen (secondary N) is 2. The minimum absolute atomic E-state index is 0.0748. The van der Waals surface area contributed by atoms with E-state index in [4.69, 9.17) is 9.47 Å². The van der Waals surface area contributed by atoms with E-state index in [-0.39, 0.29) is 36.5 Å². The molecule has 0 radical (unpaired) electrons. The molecule has 1 atom stereocenters. The number of ether oxygens (including phenoxy) is 3. The maximum Gasteiger partial charge on any atom is 0.408 e. The highest BCUT2D eigenvalue weighted by Gasteiger charge is 2.24. The lowest BCUT2D eigenvalue weighted by Gasteiger charge is -2.21. The molecular weight excluding hydrogens is 422 g/mol. The van der Waals surface area contributed by atoms with Crippen molar-refractivity contribution in [3.8, 4) is 11.5 Å². The number of carbonyl (C=O) groups is 2. The maximum atomic E-state index is 12.6. The van der Waals surface area contributed by atoms with Gasteiger partial charge < -0.3 is 24.8 Å². The molecule has 2 aromatic carbocycles. The van der Waals surface area contributed by atoms with Crippen LogP contribution in [0, 0.1) is 5.92 Å². The molecule has 0 spiro atoms. The molecule has 0 aliphatic rings. The Kier molecular flexibility index (Phi) is 9.72. The molecular formula is C23H28F2N2O5. The molecule has 0 bridgehead atoms. The second-order valence-corrected chi connectivity index (χ2v) is 7.33. The van der Waals surface area contributed by atoms with Gasteiger partial charge in [-0.05, 0) is 35.6 Å². The largest absolute Gasteiger partial charge is 0.493 e. The van der Waals surface area contributed by atoms with Crippen LogP contribution in [-0.4, -0.2) is 38.3 Å². The van der Waals surface area contributed by atoms with Crippen molar-refractivity contribution >= 4 is 12.0 Å². The van der Waals surface area contributed by atoms with Gasteiger partial charge in [-0.2, -0.15) is 8.78 Å². The molecule has 2 aromatic rings. The van der Waals surface area contributed by atoms with Crippen LogP contribution in [0.4, 0.5) is 13.6 Å². The number of alkyl carbamates (subject to hydrolysis) is 1. The normalized spacial score (nSPS) is 11.7. The summed E-state index contributed by atoms with van der Waals surface area (Å²) in [5, 5.41) is 5.34. The van der Waals surface area contributed by atoms with E-state index in [0.717, 1.165) is 5.56 Å². The van der Waals surface area contributed by atoms with Gasteiger partial charge in [-0.1, -0.05) is 50.2 Å². The minimum Gasteiger partial charge on any atom is -0.493 e. The molecule has 0 aromatic heterocycles. The summed E-state index contributed by atoms with van der Waals surface area (Å²) in [5.74, 6) is -0.425. The van der Waals surface area contributed by atoms with Gasteiger partial charge >= 0.3 is 12.7 Å². The van der Waals surface area contributed by atoms with Gasteiger partial charge in [-0.3, -0.25) is 4.79 Å². The van der Waals surface area contributed by atoms with Crippen molar-refractivity contribution in [1.29, 1.82) is 0 Å². The van der Waals surface area contributed by atoms with Crippen molar-refractivity contribution in [2.75, 3.05) is 13.7 Å². The van der Waals surface area contributed by atoms with Crippen LogP contribution in [-0.2, 0) is 22.6 Å². The number of rotatable bonds is 11. The highest BCUT2D eigenvalue weighted by molar-refractivity contribution is 5.85. The van der Waals surface area contributed by atoms with Gasteiger partial charge in [0.15, 0.2) is 11.5 Å². The molecule has 9 heteroatoms. The molecule has 0 aliphatic carbocycles. The predicted octanol–water partition coefficient (Wildman–Crippen LogP) is 3.91. The SMILES string of the molecule is COc1ccc(CCNC(=O)[C@@H](NC(=O)OCc2ccccc2)C(C)C)cc1OC(F)F.